The maximum Gasteiger partial charge on any atom is 0.253 e. The first-order valence-corrected chi connectivity index (χ1v) is 8.23. The summed E-state index contributed by atoms with van der Waals surface area (Å²) in [5.41, 5.74) is 1.92. The van der Waals surface area contributed by atoms with Gasteiger partial charge in [-0.2, -0.15) is 5.10 Å². The van der Waals surface area contributed by atoms with E-state index in [0.717, 1.165) is 5.69 Å². The maximum absolute atomic E-state index is 12.7. The Labute approximate surface area is 150 Å². The van der Waals surface area contributed by atoms with E-state index in [2.05, 4.69) is 15.4 Å². The number of anilines is 1. The van der Waals surface area contributed by atoms with Crippen molar-refractivity contribution in [3.05, 3.63) is 47.5 Å². The third-order valence-electron chi connectivity index (χ3n) is 4.03. The zero-order chi connectivity index (χ0) is 18.0. The van der Waals surface area contributed by atoms with Crippen molar-refractivity contribution < 1.29 is 9.59 Å². The van der Waals surface area contributed by atoms with Gasteiger partial charge in [-0.15, -0.1) is 0 Å². The predicted molar refractivity (Wildman–Crippen MR) is 94.7 cm³/mol. The smallest absolute Gasteiger partial charge is 0.253 e. The molecule has 0 spiro atoms. The number of likely N-dealkylation sites (N-methyl/N-ethyl adjacent to an activating group) is 1. The summed E-state index contributed by atoms with van der Waals surface area (Å²) in [5, 5.41) is 7.30. The van der Waals surface area contributed by atoms with Crippen LogP contribution in [0.3, 0.4) is 0 Å². The molecule has 0 saturated carbocycles. The number of nitrogens with zero attached hydrogens (tertiary/aromatic N) is 4. The fraction of sp³-hybridized carbons (Fsp3) is 0.294. The minimum atomic E-state index is -0.152. The molecule has 1 N–H and O–H groups in total. The Hall–Kier alpha value is -2.67. The number of pyridine rings is 1. The van der Waals surface area contributed by atoms with Gasteiger partial charge in [0, 0.05) is 31.8 Å². The van der Waals surface area contributed by atoms with Crippen LogP contribution in [0.5, 0.6) is 0 Å². The van der Waals surface area contributed by atoms with Gasteiger partial charge in [-0.25, -0.2) is 4.68 Å². The first-order chi connectivity index (χ1) is 12.0. The van der Waals surface area contributed by atoms with Crippen LogP contribution in [0.1, 0.15) is 19.8 Å². The molecule has 7 nitrogen and oxygen atoms in total. The van der Waals surface area contributed by atoms with E-state index in [9.17, 15) is 9.59 Å². The summed E-state index contributed by atoms with van der Waals surface area (Å²) in [6.07, 6.45) is 8.04. The van der Waals surface area contributed by atoms with Gasteiger partial charge in [-0.3, -0.25) is 14.6 Å². The molecule has 1 unspecified atom stereocenters. The predicted octanol–water partition coefficient (Wildman–Crippen LogP) is 2.11. The fourth-order valence-electron chi connectivity index (χ4n) is 2.80. The molecular weight excluding hydrogens is 342 g/mol. The first kappa shape index (κ1) is 17.2. The van der Waals surface area contributed by atoms with E-state index in [1.54, 1.807) is 36.4 Å². The first-order valence-electron chi connectivity index (χ1n) is 7.85. The van der Waals surface area contributed by atoms with E-state index >= 15 is 0 Å². The average Bonchev–Trinajstić information content (AvgIpc) is 3.20. The van der Waals surface area contributed by atoms with Crippen molar-refractivity contribution in [2.45, 2.75) is 25.8 Å². The summed E-state index contributed by atoms with van der Waals surface area (Å²) in [4.78, 5) is 29.4. The Bertz CT molecular complexity index is 831. The average molecular weight is 360 g/mol. The molecule has 1 aliphatic rings. The Morgan fingerprint density at radius 3 is 2.92 bits per heavy atom. The van der Waals surface area contributed by atoms with E-state index in [4.69, 9.17) is 11.6 Å². The lowest BCUT2D eigenvalue weighted by Gasteiger charge is -2.17. The van der Waals surface area contributed by atoms with Crippen molar-refractivity contribution in [2.24, 2.45) is 0 Å². The standard InChI is InChI=1S/C17H18ClN5O2/c1-11(24)20-13-6-5-12(8-13)17(25)22(2)15-10-23(21-16(15)18)14-4-3-7-19-9-14/h3-5,7,9-10,13H,6,8H2,1-2H3,(H,20,24). The minimum Gasteiger partial charge on any atom is -0.353 e. The molecule has 0 saturated heterocycles. The molecule has 130 valence electrons. The topological polar surface area (TPSA) is 80.1 Å². The summed E-state index contributed by atoms with van der Waals surface area (Å²) < 4.78 is 1.58. The van der Waals surface area contributed by atoms with Crippen LogP contribution in [0, 0.1) is 0 Å². The van der Waals surface area contributed by atoms with Crippen molar-refractivity contribution in [3.63, 3.8) is 0 Å². The SMILES string of the molecule is CC(=O)NC1CC=C(C(=O)N(C)c2cn(-c3cccnc3)nc2Cl)C1. The quantitative estimate of drug-likeness (QED) is 0.906. The van der Waals surface area contributed by atoms with Gasteiger partial charge in [0.2, 0.25) is 5.91 Å². The lowest BCUT2D eigenvalue weighted by atomic mass is 10.1. The highest BCUT2D eigenvalue weighted by Gasteiger charge is 2.26. The van der Waals surface area contributed by atoms with E-state index in [1.165, 1.54) is 11.8 Å². The van der Waals surface area contributed by atoms with E-state index in [0.29, 0.717) is 24.1 Å². The second-order valence-corrected chi connectivity index (χ2v) is 6.25. The number of carbonyl (C=O) groups excluding carboxylic acids is 2. The Balaban J connectivity index is 1.75. The second kappa shape index (κ2) is 7.06. The number of amides is 2. The van der Waals surface area contributed by atoms with Crippen molar-refractivity contribution >= 4 is 29.1 Å². The van der Waals surface area contributed by atoms with E-state index in [1.807, 2.05) is 12.1 Å². The molecule has 25 heavy (non-hydrogen) atoms. The zero-order valence-corrected chi connectivity index (χ0v) is 14.7. The monoisotopic (exact) mass is 359 g/mol. The van der Waals surface area contributed by atoms with Gasteiger partial charge in [-0.05, 0) is 25.0 Å². The van der Waals surface area contributed by atoms with Crippen LogP contribution in [0.15, 0.2) is 42.4 Å². The Kier molecular flexibility index (Phi) is 4.85. The molecule has 2 amide bonds. The van der Waals surface area contributed by atoms with Gasteiger partial charge in [-0.1, -0.05) is 17.7 Å². The number of halogens is 1. The number of hydrogen-bond donors (Lipinski definition) is 1. The van der Waals surface area contributed by atoms with Crippen LogP contribution >= 0.6 is 11.6 Å². The van der Waals surface area contributed by atoms with Gasteiger partial charge < -0.3 is 10.2 Å². The van der Waals surface area contributed by atoms with Crippen LogP contribution in [-0.2, 0) is 9.59 Å². The van der Waals surface area contributed by atoms with Crippen LogP contribution in [0.25, 0.3) is 5.69 Å². The lowest BCUT2D eigenvalue weighted by molar-refractivity contribution is -0.120. The van der Waals surface area contributed by atoms with Gasteiger partial charge >= 0.3 is 0 Å². The fourth-order valence-corrected chi connectivity index (χ4v) is 3.06. The van der Waals surface area contributed by atoms with Crippen LogP contribution in [-0.4, -0.2) is 39.7 Å². The maximum atomic E-state index is 12.7. The van der Waals surface area contributed by atoms with Crippen molar-refractivity contribution in [3.8, 4) is 5.69 Å². The third-order valence-corrected chi connectivity index (χ3v) is 4.29. The number of carbonyl (C=O) groups is 2. The Morgan fingerprint density at radius 1 is 1.44 bits per heavy atom. The molecule has 0 aromatic carbocycles. The summed E-state index contributed by atoms with van der Waals surface area (Å²) in [7, 11) is 1.66. The molecule has 0 bridgehead atoms. The molecule has 1 atom stereocenters. The van der Waals surface area contributed by atoms with Gasteiger partial charge in [0.15, 0.2) is 5.15 Å². The summed E-state index contributed by atoms with van der Waals surface area (Å²) in [6, 6.07) is 3.61. The van der Waals surface area contributed by atoms with Crippen molar-refractivity contribution in [2.75, 3.05) is 11.9 Å². The largest absolute Gasteiger partial charge is 0.353 e. The van der Waals surface area contributed by atoms with Gasteiger partial charge in [0.1, 0.15) is 5.69 Å². The van der Waals surface area contributed by atoms with Crippen LogP contribution in [0.2, 0.25) is 5.15 Å². The number of aromatic nitrogens is 3. The molecule has 8 heteroatoms. The van der Waals surface area contributed by atoms with E-state index < -0.39 is 0 Å². The summed E-state index contributed by atoms with van der Waals surface area (Å²) >= 11 is 6.22. The second-order valence-electron chi connectivity index (χ2n) is 5.89. The summed E-state index contributed by atoms with van der Waals surface area (Å²) in [6.45, 7) is 1.47. The molecular formula is C17H18ClN5O2. The molecule has 3 rings (SSSR count). The summed E-state index contributed by atoms with van der Waals surface area (Å²) in [5.74, 6) is -0.248. The highest BCUT2D eigenvalue weighted by Crippen LogP contribution is 2.28. The van der Waals surface area contributed by atoms with Crippen LogP contribution in [0.4, 0.5) is 5.69 Å². The molecule has 2 aromatic rings. The molecule has 2 heterocycles. The molecule has 0 aliphatic heterocycles. The highest BCUT2D eigenvalue weighted by molar-refractivity contribution is 6.32. The Morgan fingerprint density at radius 2 is 2.24 bits per heavy atom. The third kappa shape index (κ3) is 3.71. The zero-order valence-electron chi connectivity index (χ0n) is 13.9. The lowest BCUT2D eigenvalue weighted by Crippen LogP contribution is -2.33. The number of rotatable bonds is 4. The number of nitrogens with one attached hydrogen (secondary N) is 1. The van der Waals surface area contributed by atoms with Gasteiger partial charge in [0.05, 0.1) is 18.1 Å². The molecule has 2 aromatic heterocycles. The van der Waals surface area contributed by atoms with Crippen molar-refractivity contribution in [1.82, 2.24) is 20.1 Å². The highest BCUT2D eigenvalue weighted by atomic mass is 35.5. The van der Waals surface area contributed by atoms with Crippen LogP contribution < -0.4 is 10.2 Å². The van der Waals surface area contributed by atoms with Gasteiger partial charge in [0.25, 0.3) is 5.91 Å². The number of hydrogen-bond acceptors (Lipinski definition) is 4. The molecule has 1 aliphatic carbocycles. The molecule has 0 fully saturated rings. The molecule has 0 radical (unpaired) electrons. The normalized spacial score (nSPS) is 16.4. The van der Waals surface area contributed by atoms with Crippen molar-refractivity contribution in [1.29, 1.82) is 0 Å². The van der Waals surface area contributed by atoms with E-state index in [-0.39, 0.29) is 23.0 Å². The minimum absolute atomic E-state index is 0.0292.